The molecule has 7 heavy (non-hydrogen) atoms. The van der Waals surface area contributed by atoms with Crippen molar-refractivity contribution < 1.29 is 9.87 Å². The summed E-state index contributed by atoms with van der Waals surface area (Å²) in [7, 11) is 0. The topological polar surface area (TPSA) is 66.5 Å². The zero-order chi connectivity index (χ0) is 4.12. The van der Waals surface area contributed by atoms with Gasteiger partial charge in [0.05, 0.1) is 6.67 Å². The summed E-state index contributed by atoms with van der Waals surface area (Å²) in [5, 5.41) is 0. The molecule has 0 heterocycles. The highest BCUT2D eigenvalue weighted by atomic mass is 19.1. The lowest BCUT2D eigenvalue weighted by molar-refractivity contribution is 0.469. The second-order valence-electron chi connectivity index (χ2n) is 1.04. The maximum absolute atomic E-state index is 11.0. The minimum atomic E-state index is -0.156. The summed E-state index contributed by atoms with van der Waals surface area (Å²) < 4.78 is 11.0. The fourth-order valence-electron chi connectivity index (χ4n) is 0.134. The molecule has 3 heteroatoms. The molecule has 2 nitrogen and oxygen atoms in total. The molecule has 0 amide bonds. The van der Waals surface area contributed by atoms with Crippen LogP contribution in [0.2, 0.25) is 0 Å². The first kappa shape index (κ1) is 15.8. The van der Waals surface area contributed by atoms with Gasteiger partial charge in [0.25, 0.3) is 0 Å². The van der Waals surface area contributed by atoms with Gasteiger partial charge in [-0.1, -0.05) is 13.3 Å². The SMILES string of the molecule is CCCCF.N.O. The van der Waals surface area contributed by atoms with Crippen molar-refractivity contribution >= 4 is 0 Å². The molecule has 5 N–H and O–H groups in total. The molecule has 0 aromatic heterocycles. The van der Waals surface area contributed by atoms with Crippen LogP contribution in [0.5, 0.6) is 0 Å². The maximum Gasteiger partial charge on any atom is 0.0894 e. The summed E-state index contributed by atoms with van der Waals surface area (Å²) in [4.78, 5) is 0. The lowest BCUT2D eigenvalue weighted by Gasteiger charge is -1.76. The van der Waals surface area contributed by atoms with Gasteiger partial charge in [-0.05, 0) is 6.42 Å². The van der Waals surface area contributed by atoms with E-state index < -0.39 is 0 Å². The number of hydrogen-bond acceptors (Lipinski definition) is 1. The van der Waals surface area contributed by atoms with E-state index >= 15 is 0 Å². The predicted molar refractivity (Wildman–Crippen MR) is 29.5 cm³/mol. The molecular formula is C4H14FNO. The van der Waals surface area contributed by atoms with Crippen LogP contribution >= 0.6 is 0 Å². The van der Waals surface area contributed by atoms with E-state index in [0.717, 1.165) is 12.8 Å². The Morgan fingerprint density at radius 1 is 1.43 bits per heavy atom. The highest BCUT2D eigenvalue weighted by Crippen LogP contribution is 1.83. The van der Waals surface area contributed by atoms with E-state index in [1.165, 1.54) is 0 Å². The number of hydrogen-bond donors (Lipinski definition) is 1. The summed E-state index contributed by atoms with van der Waals surface area (Å²) >= 11 is 0. The largest absolute Gasteiger partial charge is 0.412 e. The Hall–Kier alpha value is -0.150. The fourth-order valence-corrected chi connectivity index (χ4v) is 0.134. The van der Waals surface area contributed by atoms with E-state index in [1.54, 1.807) is 0 Å². The molecule has 48 valence electrons. The van der Waals surface area contributed by atoms with Crippen LogP contribution in [-0.4, -0.2) is 12.2 Å². The first-order chi connectivity index (χ1) is 2.41. The van der Waals surface area contributed by atoms with Crippen LogP contribution in [0, 0.1) is 0 Å². The zero-order valence-corrected chi connectivity index (χ0v) is 4.71. The molecule has 0 aromatic carbocycles. The van der Waals surface area contributed by atoms with Gasteiger partial charge in [-0.15, -0.1) is 0 Å². The monoisotopic (exact) mass is 111 g/mol. The summed E-state index contributed by atoms with van der Waals surface area (Å²) in [6, 6.07) is 0. The molecule has 0 unspecified atom stereocenters. The normalized spacial score (nSPS) is 6.00. The third-order valence-corrected chi connectivity index (χ3v) is 0.487. The number of unbranched alkanes of at least 4 members (excludes halogenated alkanes) is 1. The van der Waals surface area contributed by atoms with Gasteiger partial charge >= 0.3 is 0 Å². The van der Waals surface area contributed by atoms with Crippen LogP contribution < -0.4 is 6.15 Å². The summed E-state index contributed by atoms with van der Waals surface area (Å²) in [5.41, 5.74) is 0. The number of rotatable bonds is 2. The third kappa shape index (κ3) is 25.3. The van der Waals surface area contributed by atoms with Gasteiger partial charge in [0.1, 0.15) is 0 Å². The van der Waals surface area contributed by atoms with Crippen LogP contribution in [0.15, 0.2) is 0 Å². The molecule has 0 aromatic rings. The van der Waals surface area contributed by atoms with Crippen molar-refractivity contribution in [3.05, 3.63) is 0 Å². The molecule has 0 bridgehead atoms. The van der Waals surface area contributed by atoms with Crippen molar-refractivity contribution in [2.45, 2.75) is 19.8 Å². The van der Waals surface area contributed by atoms with E-state index in [0.29, 0.717) is 0 Å². The zero-order valence-electron chi connectivity index (χ0n) is 4.71. The molecule has 0 spiro atoms. The van der Waals surface area contributed by atoms with Crippen LogP contribution in [0.1, 0.15) is 19.8 Å². The van der Waals surface area contributed by atoms with E-state index in [2.05, 4.69) is 0 Å². The highest BCUT2D eigenvalue weighted by molar-refractivity contribution is 4.23. The number of halogens is 1. The van der Waals surface area contributed by atoms with E-state index in [1.807, 2.05) is 6.92 Å². The van der Waals surface area contributed by atoms with E-state index in [9.17, 15) is 4.39 Å². The van der Waals surface area contributed by atoms with Gasteiger partial charge < -0.3 is 11.6 Å². The first-order valence-electron chi connectivity index (χ1n) is 1.97. The molecular weight excluding hydrogens is 97.0 g/mol. The first-order valence-corrected chi connectivity index (χ1v) is 1.97. The minimum absolute atomic E-state index is 0. The summed E-state index contributed by atoms with van der Waals surface area (Å²) in [6.45, 7) is 1.82. The predicted octanol–water partition coefficient (Wildman–Crippen LogP) is 1.09. The summed E-state index contributed by atoms with van der Waals surface area (Å²) in [5.74, 6) is 0. The van der Waals surface area contributed by atoms with Crippen molar-refractivity contribution in [2.24, 2.45) is 0 Å². The minimum Gasteiger partial charge on any atom is -0.412 e. The fraction of sp³-hybridized carbons (Fsp3) is 1.00. The molecule has 0 aliphatic heterocycles. The average molecular weight is 111 g/mol. The van der Waals surface area contributed by atoms with Crippen LogP contribution in [0.25, 0.3) is 0 Å². The Morgan fingerprint density at radius 3 is 1.86 bits per heavy atom. The second kappa shape index (κ2) is 16.9. The van der Waals surface area contributed by atoms with Crippen molar-refractivity contribution in [1.82, 2.24) is 6.15 Å². The van der Waals surface area contributed by atoms with Gasteiger partial charge in [-0.3, -0.25) is 4.39 Å². The van der Waals surface area contributed by atoms with E-state index in [4.69, 9.17) is 0 Å². The standard InChI is InChI=1S/C4H9F.H3N.H2O/c1-2-3-4-5;;/h2-4H2,1H3;1H3;1H2. The maximum atomic E-state index is 11.0. The van der Waals surface area contributed by atoms with Gasteiger partial charge in [0.15, 0.2) is 0 Å². The Morgan fingerprint density at radius 2 is 1.86 bits per heavy atom. The molecule has 0 aliphatic carbocycles. The van der Waals surface area contributed by atoms with Crippen molar-refractivity contribution in [3.8, 4) is 0 Å². The molecule has 0 rings (SSSR count). The van der Waals surface area contributed by atoms with Gasteiger partial charge in [-0.2, -0.15) is 0 Å². The quantitative estimate of drug-likeness (QED) is 0.569. The van der Waals surface area contributed by atoms with Crippen molar-refractivity contribution in [2.75, 3.05) is 6.67 Å². The Kier molecular flexibility index (Phi) is 38.3. The molecule has 0 atom stereocenters. The summed E-state index contributed by atoms with van der Waals surface area (Å²) in [6.07, 6.45) is 1.69. The van der Waals surface area contributed by atoms with Crippen LogP contribution in [-0.2, 0) is 0 Å². The van der Waals surface area contributed by atoms with Crippen LogP contribution in [0.4, 0.5) is 4.39 Å². The average Bonchev–Trinajstić information content (AvgIpc) is 1.41. The smallest absolute Gasteiger partial charge is 0.0894 e. The highest BCUT2D eigenvalue weighted by Gasteiger charge is 1.71. The lowest BCUT2D eigenvalue weighted by atomic mass is 10.4. The van der Waals surface area contributed by atoms with Crippen molar-refractivity contribution in [3.63, 3.8) is 0 Å². The molecule has 0 saturated carbocycles. The van der Waals surface area contributed by atoms with Crippen LogP contribution in [0.3, 0.4) is 0 Å². The van der Waals surface area contributed by atoms with Gasteiger partial charge in [-0.25, -0.2) is 0 Å². The Balaban J connectivity index is -0.0000000800. The Labute approximate surface area is 43.6 Å². The molecule has 0 radical (unpaired) electrons. The van der Waals surface area contributed by atoms with Gasteiger partial charge in [0.2, 0.25) is 0 Å². The van der Waals surface area contributed by atoms with Gasteiger partial charge in [0, 0.05) is 0 Å². The number of alkyl halides is 1. The Bertz CT molecular complexity index is 19.2. The molecule has 0 saturated heterocycles. The van der Waals surface area contributed by atoms with E-state index in [-0.39, 0.29) is 18.3 Å². The lowest BCUT2D eigenvalue weighted by Crippen LogP contribution is -1.67. The third-order valence-electron chi connectivity index (χ3n) is 0.487. The molecule has 0 aliphatic rings. The second-order valence-corrected chi connectivity index (χ2v) is 1.04. The van der Waals surface area contributed by atoms with Crippen molar-refractivity contribution in [1.29, 1.82) is 0 Å². The molecule has 0 fully saturated rings.